The van der Waals surface area contributed by atoms with E-state index in [1.54, 1.807) is 18.2 Å². The Kier molecular flexibility index (Phi) is 14.8. The molecule has 0 aromatic heterocycles. The first-order valence-electron chi connectivity index (χ1n) is 17.0. The van der Waals surface area contributed by atoms with Gasteiger partial charge in [0.2, 0.25) is 5.79 Å². The summed E-state index contributed by atoms with van der Waals surface area (Å²) in [4.78, 5) is 0. The summed E-state index contributed by atoms with van der Waals surface area (Å²) < 4.78 is 41.4. The average molecular weight is 737 g/mol. The van der Waals surface area contributed by atoms with E-state index >= 15 is 0 Å². The molecule has 3 saturated heterocycles. The van der Waals surface area contributed by atoms with Gasteiger partial charge in [-0.3, -0.25) is 0 Å². The second-order valence-electron chi connectivity index (χ2n) is 12.7. The summed E-state index contributed by atoms with van der Waals surface area (Å²) in [5.41, 5.74) is 1.77. The Morgan fingerprint density at radius 3 is 1.79 bits per heavy atom. The van der Waals surface area contributed by atoms with Crippen LogP contribution in [-0.2, 0) is 33.2 Å². The lowest BCUT2D eigenvalue weighted by molar-refractivity contribution is -0.403. The van der Waals surface area contributed by atoms with Crippen LogP contribution in [0.15, 0.2) is 72.8 Å². The van der Waals surface area contributed by atoms with E-state index in [1.165, 1.54) is 0 Å². The maximum atomic E-state index is 11.7. The summed E-state index contributed by atoms with van der Waals surface area (Å²) in [7, 11) is 0. The van der Waals surface area contributed by atoms with Gasteiger partial charge in [0.15, 0.2) is 12.6 Å². The molecule has 0 unspecified atom stereocenters. The summed E-state index contributed by atoms with van der Waals surface area (Å²) in [5, 5.41) is 94.7. The highest BCUT2D eigenvalue weighted by Gasteiger charge is 2.59. The molecule has 0 bridgehead atoms. The normalized spacial score (nSPS) is 38.4. The minimum absolute atomic E-state index is 0.0855. The molecule has 16 heteroatoms. The number of aliphatic hydroxyl groups excluding tert-OH is 9. The number of rotatable bonds is 16. The van der Waals surface area contributed by atoms with Gasteiger partial charge in [0.1, 0.15) is 73.8 Å². The molecule has 0 spiro atoms. The molecule has 288 valence electrons. The maximum Gasteiger partial charge on any atom is 0.224 e. The maximum absolute atomic E-state index is 11.7. The zero-order chi connectivity index (χ0) is 37.3. The summed E-state index contributed by atoms with van der Waals surface area (Å²) in [6.45, 7) is -2.82. The highest BCUT2D eigenvalue weighted by atomic mass is 16.8. The van der Waals surface area contributed by atoms with Gasteiger partial charge >= 0.3 is 0 Å². The first-order chi connectivity index (χ1) is 25.1. The Balaban J connectivity index is 1.43. The van der Waals surface area contributed by atoms with Crippen LogP contribution in [-0.4, -0.2) is 171 Å². The highest BCUT2D eigenvalue weighted by Crippen LogP contribution is 2.38. The molecule has 3 heterocycles. The van der Waals surface area contributed by atoms with Crippen molar-refractivity contribution in [3.8, 4) is 0 Å². The number of aliphatic hydroxyl groups is 9. The molecule has 3 aliphatic heterocycles. The molecule has 0 aliphatic carbocycles. The van der Waals surface area contributed by atoms with Crippen LogP contribution in [0.1, 0.15) is 11.1 Å². The molecule has 0 amide bonds. The predicted octanol–water partition coefficient (Wildman–Crippen LogP) is -2.10. The fourth-order valence-electron chi connectivity index (χ4n) is 6.17. The highest BCUT2D eigenvalue weighted by molar-refractivity contribution is 5.49. The van der Waals surface area contributed by atoms with Crippen LogP contribution in [0.25, 0.3) is 12.2 Å². The Morgan fingerprint density at radius 1 is 0.615 bits per heavy atom. The lowest BCUT2D eigenvalue weighted by Gasteiger charge is -2.48. The second-order valence-corrected chi connectivity index (χ2v) is 12.7. The number of benzene rings is 2. The van der Waals surface area contributed by atoms with Gasteiger partial charge in [-0.05, 0) is 11.1 Å². The molecule has 14 atom stereocenters. The van der Waals surface area contributed by atoms with Crippen molar-refractivity contribution in [1.29, 1.82) is 0 Å². The third-order valence-electron chi connectivity index (χ3n) is 9.08. The SMILES string of the molecule is OC[C@@H]1O[C@@](CO)(O[C@H]2O[C@H](COC/C=C/c3ccccc3)[C@@H](O)[C@H](O[C@@H]3O[C@H](CO)[C@@H](O)[C@H](O)[C@H]3O)[C@H]2OC/C=C/c2ccccc2)[C@@H](O)[C@H]1O. The van der Waals surface area contributed by atoms with Crippen molar-refractivity contribution in [2.75, 3.05) is 39.6 Å². The van der Waals surface area contributed by atoms with E-state index in [1.807, 2.05) is 66.7 Å². The minimum atomic E-state index is -2.35. The van der Waals surface area contributed by atoms with E-state index in [0.717, 1.165) is 11.1 Å². The quantitative estimate of drug-likeness (QED) is 0.0839. The molecule has 2 aromatic rings. The molecule has 52 heavy (non-hydrogen) atoms. The van der Waals surface area contributed by atoms with Crippen molar-refractivity contribution < 1.29 is 79.1 Å². The zero-order valence-electron chi connectivity index (χ0n) is 28.2. The Labute approximate surface area is 300 Å². The molecule has 3 fully saturated rings. The van der Waals surface area contributed by atoms with Crippen molar-refractivity contribution in [3.63, 3.8) is 0 Å². The number of hydrogen-bond acceptors (Lipinski definition) is 16. The smallest absolute Gasteiger partial charge is 0.224 e. The van der Waals surface area contributed by atoms with Crippen molar-refractivity contribution >= 4 is 12.2 Å². The standard InChI is InChI=1S/C36H48O16/c37-17-23-26(40)29(43)30(44)34(48-23)50-31-27(41)25(19-46-15-7-13-21-9-3-1-4-10-21)49-35(32(31)47-16-8-14-22-11-5-2-6-12-22)52-36(20-39)33(45)28(42)24(18-38)51-36/h1-14,23-35,37-45H,15-20H2/b13-7+,14-8+/t23-,24+,25-,26-,27-,28+,29+,30-,31+,32-,33+,34+,35-,36+/m1/s1. The summed E-state index contributed by atoms with van der Waals surface area (Å²) in [6, 6.07) is 18.7. The first-order valence-corrected chi connectivity index (χ1v) is 17.0. The molecule has 5 rings (SSSR count). The van der Waals surface area contributed by atoms with E-state index < -0.39 is 105 Å². The summed E-state index contributed by atoms with van der Waals surface area (Å²) >= 11 is 0. The molecule has 9 N–H and O–H groups in total. The molecule has 2 aromatic carbocycles. The van der Waals surface area contributed by atoms with Crippen LogP contribution in [0.4, 0.5) is 0 Å². The van der Waals surface area contributed by atoms with Gasteiger partial charge in [0.25, 0.3) is 0 Å². The van der Waals surface area contributed by atoms with Crippen molar-refractivity contribution in [3.05, 3.63) is 83.9 Å². The lowest BCUT2D eigenvalue weighted by atomic mass is 9.96. The molecular formula is C36H48O16. The van der Waals surface area contributed by atoms with Crippen LogP contribution in [0, 0.1) is 0 Å². The molecule has 3 aliphatic rings. The third-order valence-corrected chi connectivity index (χ3v) is 9.08. The van der Waals surface area contributed by atoms with Crippen LogP contribution in [0.5, 0.6) is 0 Å². The predicted molar refractivity (Wildman–Crippen MR) is 180 cm³/mol. The van der Waals surface area contributed by atoms with E-state index in [2.05, 4.69) is 0 Å². The van der Waals surface area contributed by atoms with Gasteiger partial charge in [-0.15, -0.1) is 0 Å². The van der Waals surface area contributed by atoms with E-state index in [9.17, 15) is 46.0 Å². The molecule has 0 saturated carbocycles. The molecule has 0 radical (unpaired) electrons. The van der Waals surface area contributed by atoms with Crippen molar-refractivity contribution in [2.24, 2.45) is 0 Å². The number of ether oxygens (including phenoxy) is 7. The topological polar surface area (TPSA) is 247 Å². The van der Waals surface area contributed by atoms with Gasteiger partial charge in [0, 0.05) is 0 Å². The third kappa shape index (κ3) is 9.49. The Morgan fingerprint density at radius 2 is 1.21 bits per heavy atom. The Hall–Kier alpha value is -2.72. The molecule has 16 nitrogen and oxygen atoms in total. The average Bonchev–Trinajstić information content (AvgIpc) is 3.41. The van der Waals surface area contributed by atoms with Gasteiger partial charge in [-0.2, -0.15) is 0 Å². The largest absolute Gasteiger partial charge is 0.394 e. The summed E-state index contributed by atoms with van der Waals surface area (Å²) in [6.07, 6.45) is -13.9. The van der Waals surface area contributed by atoms with Crippen molar-refractivity contribution in [2.45, 2.75) is 85.5 Å². The number of hydrogen-bond donors (Lipinski definition) is 9. The van der Waals surface area contributed by atoms with E-state index in [-0.39, 0.29) is 19.8 Å². The fourth-order valence-corrected chi connectivity index (χ4v) is 6.17. The Bertz CT molecular complexity index is 1400. The van der Waals surface area contributed by atoms with Crippen LogP contribution >= 0.6 is 0 Å². The van der Waals surface area contributed by atoms with Crippen LogP contribution in [0.3, 0.4) is 0 Å². The van der Waals surface area contributed by atoms with Gasteiger partial charge in [-0.1, -0.05) is 85.0 Å². The first kappa shape index (κ1) is 40.5. The van der Waals surface area contributed by atoms with Gasteiger partial charge in [0.05, 0.1) is 33.0 Å². The van der Waals surface area contributed by atoms with E-state index in [4.69, 9.17) is 33.2 Å². The van der Waals surface area contributed by atoms with Gasteiger partial charge < -0.3 is 79.1 Å². The summed E-state index contributed by atoms with van der Waals surface area (Å²) in [5.74, 6) is -2.35. The second kappa shape index (κ2) is 19.0. The fraction of sp³-hybridized carbons (Fsp3) is 0.556. The molecular weight excluding hydrogens is 688 g/mol. The van der Waals surface area contributed by atoms with Crippen LogP contribution in [0.2, 0.25) is 0 Å². The lowest BCUT2D eigenvalue weighted by Crippen LogP contribution is -2.66. The van der Waals surface area contributed by atoms with Crippen molar-refractivity contribution in [1.82, 2.24) is 0 Å². The van der Waals surface area contributed by atoms with Gasteiger partial charge in [-0.25, -0.2) is 0 Å². The zero-order valence-corrected chi connectivity index (χ0v) is 28.2. The monoisotopic (exact) mass is 736 g/mol. The minimum Gasteiger partial charge on any atom is -0.394 e. The van der Waals surface area contributed by atoms with Crippen LogP contribution < -0.4 is 0 Å². The van der Waals surface area contributed by atoms with E-state index in [0.29, 0.717) is 0 Å².